The molecule has 1 N–H and O–H groups in total. The summed E-state index contributed by atoms with van der Waals surface area (Å²) in [6.07, 6.45) is 4.16. The Morgan fingerprint density at radius 1 is 0.926 bits per heavy atom. The molecule has 2 atom stereocenters. The Bertz CT molecular complexity index is 427. The van der Waals surface area contributed by atoms with E-state index in [9.17, 15) is 5.11 Å². The van der Waals surface area contributed by atoms with Gasteiger partial charge in [-0.2, -0.15) is 0 Å². The van der Waals surface area contributed by atoms with E-state index in [1.807, 2.05) is 0 Å². The number of hydrogen-bond acceptors (Lipinski definition) is 7. The fraction of sp³-hybridized carbons (Fsp3) is 0.800. The zero-order valence-electron chi connectivity index (χ0n) is 17.0. The minimum absolute atomic E-state index is 0.0811. The molecule has 27 heavy (non-hydrogen) atoms. The minimum Gasteiger partial charge on any atom is -0.392 e. The van der Waals surface area contributed by atoms with Crippen molar-refractivity contribution in [3.8, 4) is 0 Å². The van der Waals surface area contributed by atoms with Gasteiger partial charge in [0.15, 0.2) is 0 Å². The lowest BCUT2D eigenvalue weighted by atomic mass is 9.90. The van der Waals surface area contributed by atoms with Crippen molar-refractivity contribution in [2.24, 2.45) is 5.92 Å². The van der Waals surface area contributed by atoms with Crippen LogP contribution in [0.4, 0.5) is 0 Å². The summed E-state index contributed by atoms with van der Waals surface area (Å²) in [5.41, 5.74) is 1.25. The molecular weight excluding hydrogens is 368 g/mol. The normalized spacial score (nSPS) is 18.3. The molecule has 0 fully saturated rings. The Hall–Kier alpha value is -0.410. The molecule has 0 bridgehead atoms. The molecule has 0 aromatic heterocycles. The first kappa shape index (κ1) is 24.6. The lowest BCUT2D eigenvalue weighted by molar-refractivity contribution is 0.0257. The molecule has 0 aliphatic carbocycles. The monoisotopic (exact) mass is 404 g/mol. The van der Waals surface area contributed by atoms with Crippen LogP contribution in [0, 0.1) is 5.92 Å². The third-order valence-electron chi connectivity index (χ3n) is 4.35. The van der Waals surface area contributed by atoms with Gasteiger partial charge in [0.05, 0.1) is 52.4 Å². The van der Waals surface area contributed by atoms with Crippen molar-refractivity contribution < 1.29 is 28.8 Å². The van der Waals surface area contributed by atoms with Gasteiger partial charge in [-0.25, -0.2) is 0 Å². The maximum atomic E-state index is 10.5. The maximum Gasteiger partial charge on any atom is 0.0701 e. The van der Waals surface area contributed by atoms with Crippen molar-refractivity contribution in [3.63, 3.8) is 0 Å². The molecule has 0 saturated heterocycles. The first-order valence-corrected chi connectivity index (χ1v) is 10.5. The highest BCUT2D eigenvalue weighted by Crippen LogP contribution is 2.36. The summed E-state index contributed by atoms with van der Waals surface area (Å²) in [7, 11) is 3.32. The number of aliphatic hydroxyl groups is 1. The van der Waals surface area contributed by atoms with Gasteiger partial charge in [-0.15, -0.1) is 11.8 Å². The second kappa shape index (κ2) is 16.5. The maximum absolute atomic E-state index is 10.5. The number of aliphatic hydroxyl groups excluding tert-OH is 1. The zero-order valence-corrected chi connectivity index (χ0v) is 17.8. The highest BCUT2D eigenvalue weighted by atomic mass is 32.2. The summed E-state index contributed by atoms with van der Waals surface area (Å²) in [6.45, 7) is 7.03. The van der Waals surface area contributed by atoms with Crippen LogP contribution in [0.3, 0.4) is 0 Å². The molecule has 1 aliphatic rings. The van der Waals surface area contributed by atoms with Crippen molar-refractivity contribution >= 4 is 11.8 Å². The third-order valence-corrected chi connectivity index (χ3v) is 5.45. The highest BCUT2D eigenvalue weighted by Gasteiger charge is 2.23. The average Bonchev–Trinajstić information content (AvgIpc) is 2.67. The van der Waals surface area contributed by atoms with Crippen molar-refractivity contribution in [2.45, 2.75) is 32.3 Å². The molecular formula is C20H36O6S. The smallest absolute Gasteiger partial charge is 0.0701 e. The van der Waals surface area contributed by atoms with Crippen LogP contribution in [0.2, 0.25) is 0 Å². The van der Waals surface area contributed by atoms with Gasteiger partial charge >= 0.3 is 0 Å². The fourth-order valence-electron chi connectivity index (χ4n) is 2.75. The average molecular weight is 405 g/mol. The van der Waals surface area contributed by atoms with E-state index in [0.717, 1.165) is 19.3 Å². The van der Waals surface area contributed by atoms with Crippen LogP contribution in [0.5, 0.6) is 0 Å². The van der Waals surface area contributed by atoms with Crippen molar-refractivity contribution in [3.05, 3.63) is 22.0 Å². The Balaban J connectivity index is 2.23. The molecule has 0 saturated carbocycles. The summed E-state index contributed by atoms with van der Waals surface area (Å²) in [4.78, 5) is 1.29. The molecule has 1 heterocycles. The standard InChI is InChI=1S/C20H36O6S/c1-17-18(19(21)5-4-8-24-12-10-22-2)7-16-27-20(17)6-9-25-14-15-26-13-11-23-3/h7,16,18-19,21H,4-6,8-15H2,1-3H3. The molecule has 2 unspecified atom stereocenters. The van der Waals surface area contributed by atoms with E-state index >= 15 is 0 Å². The van der Waals surface area contributed by atoms with Crippen LogP contribution in [0.1, 0.15) is 26.2 Å². The van der Waals surface area contributed by atoms with Gasteiger partial charge in [-0.1, -0.05) is 11.6 Å². The Morgan fingerprint density at radius 2 is 1.52 bits per heavy atom. The summed E-state index contributed by atoms with van der Waals surface area (Å²) >= 11 is 1.73. The summed E-state index contributed by atoms with van der Waals surface area (Å²) in [5.74, 6) is 0.0811. The lowest BCUT2D eigenvalue weighted by Crippen LogP contribution is -2.22. The molecule has 7 heteroatoms. The van der Waals surface area contributed by atoms with E-state index in [2.05, 4.69) is 18.4 Å². The number of methoxy groups -OCH3 is 2. The largest absolute Gasteiger partial charge is 0.392 e. The molecule has 1 rings (SSSR count). The van der Waals surface area contributed by atoms with Crippen LogP contribution in [-0.2, 0) is 23.7 Å². The minimum atomic E-state index is -0.377. The summed E-state index contributed by atoms with van der Waals surface area (Å²) < 4.78 is 26.4. The Kier molecular flexibility index (Phi) is 15.1. The molecule has 1 aliphatic heterocycles. The summed E-state index contributed by atoms with van der Waals surface area (Å²) in [5, 5.41) is 12.6. The van der Waals surface area contributed by atoms with E-state index in [1.165, 1.54) is 10.5 Å². The quantitative estimate of drug-likeness (QED) is 0.374. The molecule has 0 spiro atoms. The fourth-order valence-corrected chi connectivity index (χ4v) is 3.68. The Labute approximate surface area is 168 Å². The molecule has 0 aromatic rings. The van der Waals surface area contributed by atoms with Crippen molar-refractivity contribution in [2.75, 3.05) is 67.1 Å². The SMILES string of the molecule is COCCOCCCC(O)C1C=CSC(CCOCCOCCOC)=C1C. The van der Waals surface area contributed by atoms with E-state index in [1.54, 1.807) is 26.0 Å². The van der Waals surface area contributed by atoms with Gasteiger partial charge in [0.2, 0.25) is 0 Å². The van der Waals surface area contributed by atoms with E-state index in [-0.39, 0.29) is 12.0 Å². The predicted molar refractivity (Wildman–Crippen MR) is 109 cm³/mol. The first-order valence-electron chi connectivity index (χ1n) is 9.62. The second-order valence-corrected chi connectivity index (χ2v) is 7.36. The third kappa shape index (κ3) is 11.2. The summed E-state index contributed by atoms with van der Waals surface area (Å²) in [6, 6.07) is 0. The number of ether oxygens (including phenoxy) is 5. The van der Waals surface area contributed by atoms with Gasteiger partial charge in [-0.3, -0.25) is 0 Å². The van der Waals surface area contributed by atoms with Crippen molar-refractivity contribution in [1.29, 1.82) is 0 Å². The first-order chi connectivity index (χ1) is 13.2. The molecule has 0 radical (unpaired) electrons. The van der Waals surface area contributed by atoms with E-state index in [0.29, 0.717) is 52.9 Å². The highest BCUT2D eigenvalue weighted by molar-refractivity contribution is 8.05. The molecule has 6 nitrogen and oxygen atoms in total. The zero-order chi connectivity index (χ0) is 19.7. The van der Waals surface area contributed by atoms with Gasteiger partial charge in [0.25, 0.3) is 0 Å². The number of thioether (sulfide) groups is 1. The number of hydrogen-bond donors (Lipinski definition) is 1. The van der Waals surface area contributed by atoms with E-state index < -0.39 is 0 Å². The lowest BCUT2D eigenvalue weighted by Gasteiger charge is -2.26. The second-order valence-electron chi connectivity index (χ2n) is 6.36. The topological polar surface area (TPSA) is 66.4 Å². The Morgan fingerprint density at radius 3 is 2.19 bits per heavy atom. The van der Waals surface area contributed by atoms with E-state index in [4.69, 9.17) is 23.7 Å². The van der Waals surface area contributed by atoms with Gasteiger partial charge < -0.3 is 28.8 Å². The van der Waals surface area contributed by atoms with Crippen molar-refractivity contribution in [1.82, 2.24) is 0 Å². The van der Waals surface area contributed by atoms with Crippen LogP contribution in [0.15, 0.2) is 22.0 Å². The van der Waals surface area contributed by atoms with Gasteiger partial charge in [0, 0.05) is 33.2 Å². The van der Waals surface area contributed by atoms with Gasteiger partial charge in [-0.05, 0) is 30.1 Å². The molecule has 0 aromatic carbocycles. The predicted octanol–water partition coefficient (Wildman–Crippen LogP) is 3.01. The van der Waals surface area contributed by atoms with Crippen LogP contribution >= 0.6 is 11.8 Å². The van der Waals surface area contributed by atoms with Crippen LogP contribution in [-0.4, -0.2) is 78.3 Å². The molecule has 158 valence electrons. The molecule has 0 amide bonds. The van der Waals surface area contributed by atoms with Gasteiger partial charge in [0.1, 0.15) is 0 Å². The van der Waals surface area contributed by atoms with Crippen LogP contribution < -0.4 is 0 Å². The van der Waals surface area contributed by atoms with Crippen LogP contribution in [0.25, 0.3) is 0 Å². The number of rotatable bonds is 17.